The van der Waals surface area contributed by atoms with Gasteiger partial charge in [0, 0.05) is 0 Å². The number of nitriles is 1. The summed E-state index contributed by atoms with van der Waals surface area (Å²) in [6.07, 6.45) is 9.77. The normalized spacial score (nSPS) is 15.2. The molecule has 1 unspecified atom stereocenters. The molecule has 0 radical (unpaired) electrons. The molecule has 1 heteroatoms. The number of unbranched alkanes of at least 4 members (excludes halogenated alkanes) is 1. The van der Waals surface area contributed by atoms with Gasteiger partial charge in [-0.05, 0) is 19.3 Å². The van der Waals surface area contributed by atoms with Crippen LogP contribution in [-0.4, -0.2) is 0 Å². The Morgan fingerprint density at radius 3 is 2.54 bits per heavy atom. The Morgan fingerprint density at radius 2 is 2.15 bits per heavy atom. The third kappa shape index (κ3) is 3.94. The first-order chi connectivity index (χ1) is 6.24. The third-order valence-corrected chi connectivity index (χ3v) is 2.25. The van der Waals surface area contributed by atoms with E-state index in [0.717, 1.165) is 25.7 Å². The largest absolute Gasteiger partial charge is 0.197 e. The van der Waals surface area contributed by atoms with E-state index in [-0.39, 0.29) is 5.41 Å². The van der Waals surface area contributed by atoms with Crippen molar-refractivity contribution in [1.82, 2.24) is 0 Å². The zero-order chi connectivity index (χ0) is 10.2. The van der Waals surface area contributed by atoms with E-state index in [1.54, 1.807) is 0 Å². The summed E-state index contributed by atoms with van der Waals surface area (Å²) in [7, 11) is 0. The molecule has 0 aliphatic carbocycles. The maximum Gasteiger partial charge on any atom is 0.0785 e. The highest BCUT2D eigenvalue weighted by Crippen LogP contribution is 2.27. The Kier molecular flexibility index (Phi) is 5.97. The monoisotopic (exact) mass is 177 g/mol. The average Bonchev–Trinajstić information content (AvgIpc) is 2.17. The van der Waals surface area contributed by atoms with Crippen molar-refractivity contribution in [1.29, 1.82) is 5.26 Å². The van der Waals surface area contributed by atoms with Crippen LogP contribution in [0.3, 0.4) is 0 Å². The van der Waals surface area contributed by atoms with E-state index in [1.807, 2.05) is 19.1 Å². The minimum Gasteiger partial charge on any atom is -0.197 e. The molecule has 1 atom stereocenters. The summed E-state index contributed by atoms with van der Waals surface area (Å²) in [6.45, 7) is 7.87. The second kappa shape index (κ2) is 6.48. The van der Waals surface area contributed by atoms with Gasteiger partial charge < -0.3 is 0 Å². The summed E-state index contributed by atoms with van der Waals surface area (Å²) in [4.78, 5) is 0. The van der Waals surface area contributed by atoms with Crippen LogP contribution >= 0.6 is 0 Å². The van der Waals surface area contributed by atoms with Gasteiger partial charge in [-0.25, -0.2) is 0 Å². The van der Waals surface area contributed by atoms with Crippen molar-refractivity contribution in [3.63, 3.8) is 0 Å². The molecule has 0 spiro atoms. The standard InChI is InChI=1S/C12H19N/c1-4-7-8-10-12(6-3,11-13)9-5-2/h5,8,10H,2,4,6-7,9H2,1,3H3/b10-8+. The average molecular weight is 177 g/mol. The topological polar surface area (TPSA) is 23.8 Å². The highest BCUT2D eigenvalue weighted by atomic mass is 14.3. The fraction of sp³-hybridized carbons (Fsp3) is 0.583. The molecule has 0 saturated carbocycles. The van der Waals surface area contributed by atoms with Gasteiger partial charge in [-0.1, -0.05) is 38.5 Å². The molecule has 0 aliphatic rings. The Morgan fingerprint density at radius 1 is 1.46 bits per heavy atom. The molecule has 0 amide bonds. The minimum atomic E-state index is -0.309. The van der Waals surface area contributed by atoms with Gasteiger partial charge in [0.25, 0.3) is 0 Å². The summed E-state index contributed by atoms with van der Waals surface area (Å²) in [5.41, 5.74) is -0.309. The van der Waals surface area contributed by atoms with E-state index >= 15 is 0 Å². The number of nitrogens with zero attached hydrogens (tertiary/aromatic N) is 1. The quantitative estimate of drug-likeness (QED) is 0.565. The van der Waals surface area contributed by atoms with Crippen LogP contribution in [0, 0.1) is 16.7 Å². The molecule has 0 rings (SSSR count). The first-order valence-corrected chi connectivity index (χ1v) is 4.94. The minimum absolute atomic E-state index is 0.309. The highest BCUT2D eigenvalue weighted by molar-refractivity contribution is 5.14. The van der Waals surface area contributed by atoms with E-state index in [9.17, 15) is 0 Å². The van der Waals surface area contributed by atoms with Crippen LogP contribution in [0.15, 0.2) is 24.8 Å². The van der Waals surface area contributed by atoms with Crippen molar-refractivity contribution in [2.24, 2.45) is 5.41 Å². The maximum atomic E-state index is 9.06. The highest BCUT2D eigenvalue weighted by Gasteiger charge is 2.21. The SMILES string of the molecule is C=CCC(C#N)(/C=C/CCC)CC. The summed E-state index contributed by atoms with van der Waals surface area (Å²) >= 11 is 0. The van der Waals surface area contributed by atoms with Crippen molar-refractivity contribution in [3.8, 4) is 6.07 Å². The Hall–Kier alpha value is -1.03. The molecule has 0 fully saturated rings. The van der Waals surface area contributed by atoms with Crippen LogP contribution in [0.4, 0.5) is 0 Å². The fourth-order valence-electron chi connectivity index (χ4n) is 1.23. The van der Waals surface area contributed by atoms with Crippen molar-refractivity contribution in [3.05, 3.63) is 24.8 Å². The van der Waals surface area contributed by atoms with Gasteiger partial charge in [-0.15, -0.1) is 6.58 Å². The molecule has 0 N–H and O–H groups in total. The first-order valence-electron chi connectivity index (χ1n) is 4.94. The molecule has 0 aromatic rings. The van der Waals surface area contributed by atoms with Crippen LogP contribution in [-0.2, 0) is 0 Å². The number of rotatable bonds is 6. The van der Waals surface area contributed by atoms with Crippen LogP contribution in [0.25, 0.3) is 0 Å². The molecular formula is C12H19N. The second-order valence-electron chi connectivity index (χ2n) is 3.31. The lowest BCUT2D eigenvalue weighted by molar-refractivity contribution is 0.494. The van der Waals surface area contributed by atoms with Crippen LogP contribution in [0.5, 0.6) is 0 Å². The summed E-state index contributed by atoms with van der Waals surface area (Å²) in [5.74, 6) is 0. The Balaban J connectivity index is 4.39. The molecule has 0 aromatic heterocycles. The van der Waals surface area contributed by atoms with Gasteiger partial charge >= 0.3 is 0 Å². The van der Waals surface area contributed by atoms with E-state index in [2.05, 4.69) is 25.6 Å². The van der Waals surface area contributed by atoms with Crippen molar-refractivity contribution >= 4 is 0 Å². The summed E-state index contributed by atoms with van der Waals surface area (Å²) < 4.78 is 0. The van der Waals surface area contributed by atoms with Gasteiger partial charge in [0.05, 0.1) is 11.5 Å². The maximum absolute atomic E-state index is 9.06. The van der Waals surface area contributed by atoms with Gasteiger partial charge in [-0.3, -0.25) is 0 Å². The van der Waals surface area contributed by atoms with Crippen molar-refractivity contribution in [2.45, 2.75) is 39.5 Å². The zero-order valence-electron chi connectivity index (χ0n) is 8.71. The van der Waals surface area contributed by atoms with E-state index in [4.69, 9.17) is 5.26 Å². The number of allylic oxidation sites excluding steroid dienone is 3. The molecule has 0 bridgehead atoms. The summed E-state index contributed by atoms with van der Waals surface area (Å²) in [6, 6.07) is 2.37. The van der Waals surface area contributed by atoms with Gasteiger partial charge in [-0.2, -0.15) is 5.26 Å². The molecular weight excluding hydrogens is 158 g/mol. The van der Waals surface area contributed by atoms with Gasteiger partial charge in [0.2, 0.25) is 0 Å². The predicted octanol–water partition coefficient (Wildman–Crippen LogP) is 3.84. The predicted molar refractivity (Wildman–Crippen MR) is 57.2 cm³/mol. The number of hydrogen-bond donors (Lipinski definition) is 0. The third-order valence-electron chi connectivity index (χ3n) is 2.25. The number of hydrogen-bond acceptors (Lipinski definition) is 1. The second-order valence-corrected chi connectivity index (χ2v) is 3.31. The lowest BCUT2D eigenvalue weighted by Gasteiger charge is -2.18. The van der Waals surface area contributed by atoms with Crippen LogP contribution in [0.1, 0.15) is 39.5 Å². The fourth-order valence-corrected chi connectivity index (χ4v) is 1.23. The van der Waals surface area contributed by atoms with Crippen molar-refractivity contribution < 1.29 is 0 Å². The zero-order valence-corrected chi connectivity index (χ0v) is 8.71. The van der Waals surface area contributed by atoms with Crippen LogP contribution < -0.4 is 0 Å². The molecule has 72 valence electrons. The van der Waals surface area contributed by atoms with Gasteiger partial charge in [0.15, 0.2) is 0 Å². The molecule has 0 heterocycles. The molecule has 1 nitrogen and oxygen atoms in total. The van der Waals surface area contributed by atoms with E-state index < -0.39 is 0 Å². The van der Waals surface area contributed by atoms with E-state index in [1.165, 1.54) is 0 Å². The molecule has 0 aliphatic heterocycles. The lowest BCUT2D eigenvalue weighted by Crippen LogP contribution is -2.12. The molecule has 0 aromatic carbocycles. The molecule has 0 saturated heterocycles. The first kappa shape index (κ1) is 12.0. The smallest absolute Gasteiger partial charge is 0.0785 e. The lowest BCUT2D eigenvalue weighted by atomic mass is 9.83. The summed E-state index contributed by atoms with van der Waals surface area (Å²) in [5, 5.41) is 9.06. The molecule has 13 heavy (non-hydrogen) atoms. The van der Waals surface area contributed by atoms with Crippen molar-refractivity contribution in [2.75, 3.05) is 0 Å². The Labute approximate surface area is 81.8 Å². The Bertz CT molecular complexity index is 210. The van der Waals surface area contributed by atoms with Gasteiger partial charge in [0.1, 0.15) is 0 Å². The van der Waals surface area contributed by atoms with Crippen LogP contribution in [0.2, 0.25) is 0 Å². The van der Waals surface area contributed by atoms with E-state index in [0.29, 0.717) is 0 Å².